The lowest BCUT2D eigenvalue weighted by Crippen LogP contribution is -2.09. The van der Waals surface area contributed by atoms with Crippen molar-refractivity contribution in [2.45, 2.75) is 19.6 Å². The van der Waals surface area contributed by atoms with Crippen LogP contribution in [0, 0.1) is 10.5 Å². The number of hydrogen-bond donors (Lipinski definition) is 1. The van der Waals surface area contributed by atoms with E-state index in [1.165, 1.54) is 10.7 Å². The van der Waals surface area contributed by atoms with Crippen LogP contribution in [0.25, 0.3) is 0 Å². The van der Waals surface area contributed by atoms with Crippen LogP contribution in [0.1, 0.15) is 16.8 Å². The summed E-state index contributed by atoms with van der Waals surface area (Å²) >= 11 is 2.06. The van der Waals surface area contributed by atoms with E-state index in [0.717, 1.165) is 21.4 Å². The molecule has 0 aliphatic carbocycles. The van der Waals surface area contributed by atoms with Crippen molar-refractivity contribution < 1.29 is 13.2 Å². The zero-order valence-electron chi connectivity index (χ0n) is 10.0. The molecule has 7 heteroatoms. The fraction of sp³-hybridized carbons (Fsp3) is 0.250. The Labute approximate surface area is 121 Å². The normalized spacial score (nSPS) is 11.8. The average molecular weight is 381 g/mol. The van der Waals surface area contributed by atoms with Crippen molar-refractivity contribution in [2.24, 2.45) is 0 Å². The summed E-state index contributed by atoms with van der Waals surface area (Å²) in [7, 11) is 0. The van der Waals surface area contributed by atoms with Gasteiger partial charge in [-0.2, -0.15) is 18.3 Å². The van der Waals surface area contributed by atoms with Crippen LogP contribution in [-0.4, -0.2) is 9.78 Å². The van der Waals surface area contributed by atoms with Gasteiger partial charge in [0, 0.05) is 0 Å². The zero-order valence-corrected chi connectivity index (χ0v) is 12.2. The molecule has 0 radical (unpaired) electrons. The topological polar surface area (TPSA) is 43.8 Å². The summed E-state index contributed by atoms with van der Waals surface area (Å²) in [5, 5.41) is 4.20. The van der Waals surface area contributed by atoms with E-state index >= 15 is 0 Å². The van der Waals surface area contributed by atoms with Crippen LogP contribution in [0.3, 0.4) is 0 Å². The number of nitrogen functional groups attached to an aromatic ring is 1. The summed E-state index contributed by atoms with van der Waals surface area (Å²) in [6.07, 6.45) is -4.34. The molecule has 1 heterocycles. The third kappa shape index (κ3) is 3.02. The lowest BCUT2D eigenvalue weighted by atomic mass is 10.1. The third-order valence-electron chi connectivity index (χ3n) is 2.68. The second-order valence-electron chi connectivity index (χ2n) is 4.14. The number of aromatic nitrogens is 2. The lowest BCUT2D eigenvalue weighted by Gasteiger charge is -2.09. The summed E-state index contributed by atoms with van der Waals surface area (Å²) < 4.78 is 40.1. The van der Waals surface area contributed by atoms with Gasteiger partial charge in [-0.25, -0.2) is 4.68 Å². The van der Waals surface area contributed by atoms with Crippen LogP contribution >= 0.6 is 22.6 Å². The molecule has 0 unspecified atom stereocenters. The van der Waals surface area contributed by atoms with Crippen LogP contribution in [-0.2, 0) is 12.7 Å². The maximum Gasteiger partial charge on any atom is 0.416 e. The van der Waals surface area contributed by atoms with Gasteiger partial charge in [0.2, 0.25) is 0 Å². The predicted molar refractivity (Wildman–Crippen MR) is 74.6 cm³/mol. The first-order chi connectivity index (χ1) is 8.79. The SMILES string of the molecule is Cc1nn(Cc2cccc(C(F)(F)F)c2)c(N)c1I. The Morgan fingerprint density at radius 3 is 2.58 bits per heavy atom. The van der Waals surface area contributed by atoms with E-state index < -0.39 is 11.7 Å². The van der Waals surface area contributed by atoms with Crippen molar-refractivity contribution in [1.82, 2.24) is 9.78 Å². The number of nitrogens with two attached hydrogens (primary N) is 1. The summed E-state index contributed by atoms with van der Waals surface area (Å²) in [6, 6.07) is 5.17. The molecular formula is C12H11F3IN3. The summed E-state index contributed by atoms with van der Waals surface area (Å²) in [5.74, 6) is 0.468. The summed E-state index contributed by atoms with van der Waals surface area (Å²) in [6.45, 7) is 2.03. The quantitative estimate of drug-likeness (QED) is 0.811. The first-order valence-electron chi connectivity index (χ1n) is 5.43. The molecule has 0 saturated carbocycles. The maximum atomic E-state index is 12.6. The fourth-order valence-electron chi connectivity index (χ4n) is 1.72. The Morgan fingerprint density at radius 1 is 1.37 bits per heavy atom. The molecule has 1 aromatic heterocycles. The Kier molecular flexibility index (Phi) is 3.75. The molecular weight excluding hydrogens is 370 g/mol. The fourth-order valence-corrected chi connectivity index (χ4v) is 2.10. The van der Waals surface area contributed by atoms with Gasteiger partial charge in [0.15, 0.2) is 0 Å². The molecule has 0 aliphatic heterocycles. The van der Waals surface area contributed by atoms with Crippen LogP contribution in [0.5, 0.6) is 0 Å². The monoisotopic (exact) mass is 381 g/mol. The molecule has 1 aromatic carbocycles. The Hall–Kier alpha value is -1.25. The van der Waals surface area contributed by atoms with Gasteiger partial charge in [0.05, 0.1) is 21.4 Å². The molecule has 0 amide bonds. The number of hydrogen-bond acceptors (Lipinski definition) is 2. The summed E-state index contributed by atoms with van der Waals surface area (Å²) in [5.41, 5.74) is 6.46. The molecule has 3 nitrogen and oxygen atoms in total. The number of aryl methyl sites for hydroxylation is 1. The highest BCUT2D eigenvalue weighted by Gasteiger charge is 2.30. The van der Waals surface area contributed by atoms with Crippen molar-refractivity contribution >= 4 is 28.4 Å². The Balaban J connectivity index is 2.31. The van der Waals surface area contributed by atoms with Crippen molar-refractivity contribution in [3.05, 3.63) is 44.7 Å². The van der Waals surface area contributed by atoms with E-state index in [2.05, 4.69) is 27.7 Å². The van der Waals surface area contributed by atoms with Gasteiger partial charge in [0.25, 0.3) is 0 Å². The van der Waals surface area contributed by atoms with Gasteiger partial charge in [0.1, 0.15) is 5.82 Å². The van der Waals surface area contributed by atoms with E-state index in [9.17, 15) is 13.2 Å². The van der Waals surface area contributed by atoms with Gasteiger partial charge >= 0.3 is 6.18 Å². The molecule has 19 heavy (non-hydrogen) atoms. The smallest absolute Gasteiger partial charge is 0.383 e. The second-order valence-corrected chi connectivity index (χ2v) is 5.22. The van der Waals surface area contributed by atoms with Crippen LogP contribution in [0.2, 0.25) is 0 Å². The number of halogens is 4. The minimum atomic E-state index is -4.34. The van der Waals surface area contributed by atoms with E-state index in [0.29, 0.717) is 11.4 Å². The molecule has 0 spiro atoms. The molecule has 0 saturated heterocycles. The van der Waals surface area contributed by atoms with Gasteiger partial charge in [-0.05, 0) is 47.2 Å². The first-order valence-corrected chi connectivity index (χ1v) is 6.51. The highest BCUT2D eigenvalue weighted by molar-refractivity contribution is 14.1. The Bertz CT molecular complexity index is 605. The molecule has 0 fully saturated rings. The van der Waals surface area contributed by atoms with Crippen LogP contribution in [0.15, 0.2) is 24.3 Å². The largest absolute Gasteiger partial charge is 0.416 e. The minimum Gasteiger partial charge on any atom is -0.383 e. The van der Waals surface area contributed by atoms with Crippen molar-refractivity contribution in [3.8, 4) is 0 Å². The second kappa shape index (κ2) is 5.03. The molecule has 0 aliphatic rings. The van der Waals surface area contributed by atoms with E-state index in [1.807, 2.05) is 0 Å². The number of alkyl halides is 3. The standard InChI is InChI=1S/C12H11F3IN3/c1-7-10(16)11(17)19(18-7)6-8-3-2-4-9(5-8)12(13,14)15/h2-5H,6,17H2,1H3. The van der Waals surface area contributed by atoms with Gasteiger partial charge in [-0.15, -0.1) is 0 Å². The number of nitrogens with zero attached hydrogens (tertiary/aromatic N) is 2. The Morgan fingerprint density at radius 2 is 2.05 bits per heavy atom. The van der Waals surface area contributed by atoms with E-state index in [4.69, 9.17) is 5.73 Å². The minimum absolute atomic E-state index is 0.222. The molecule has 2 N–H and O–H groups in total. The molecule has 0 bridgehead atoms. The van der Waals surface area contributed by atoms with E-state index in [-0.39, 0.29) is 6.54 Å². The number of anilines is 1. The molecule has 102 valence electrons. The zero-order chi connectivity index (χ0) is 14.2. The predicted octanol–water partition coefficient (Wildman–Crippen LogP) is 3.45. The van der Waals surface area contributed by atoms with Gasteiger partial charge < -0.3 is 5.73 Å². The number of rotatable bonds is 2. The van der Waals surface area contributed by atoms with Crippen molar-refractivity contribution in [3.63, 3.8) is 0 Å². The van der Waals surface area contributed by atoms with Crippen molar-refractivity contribution in [2.75, 3.05) is 5.73 Å². The summed E-state index contributed by atoms with van der Waals surface area (Å²) in [4.78, 5) is 0. The van der Waals surface area contributed by atoms with Crippen molar-refractivity contribution in [1.29, 1.82) is 0 Å². The highest BCUT2D eigenvalue weighted by Crippen LogP contribution is 2.30. The first kappa shape index (κ1) is 14.2. The number of benzene rings is 1. The average Bonchev–Trinajstić information content (AvgIpc) is 2.56. The van der Waals surface area contributed by atoms with Gasteiger partial charge in [-0.1, -0.05) is 12.1 Å². The molecule has 2 rings (SSSR count). The lowest BCUT2D eigenvalue weighted by molar-refractivity contribution is -0.137. The third-order valence-corrected chi connectivity index (χ3v) is 4.01. The van der Waals surface area contributed by atoms with E-state index in [1.54, 1.807) is 13.0 Å². The highest BCUT2D eigenvalue weighted by atomic mass is 127. The van der Waals surface area contributed by atoms with Crippen LogP contribution < -0.4 is 5.73 Å². The maximum absolute atomic E-state index is 12.6. The van der Waals surface area contributed by atoms with Gasteiger partial charge in [-0.3, -0.25) is 0 Å². The van der Waals surface area contributed by atoms with Crippen LogP contribution in [0.4, 0.5) is 19.0 Å². The molecule has 2 aromatic rings. The molecule has 0 atom stereocenters.